The van der Waals surface area contributed by atoms with Crippen LogP contribution in [0.4, 0.5) is 5.13 Å². The number of aromatic nitrogens is 1. The molecule has 0 aliphatic heterocycles. The Kier molecular flexibility index (Phi) is 5.59. The molecule has 0 saturated carbocycles. The van der Waals surface area contributed by atoms with E-state index in [-0.39, 0.29) is 28.3 Å². The molecule has 1 aromatic heterocycles. The van der Waals surface area contributed by atoms with Gasteiger partial charge in [-0.3, -0.25) is 19.4 Å². The highest BCUT2D eigenvalue weighted by Crippen LogP contribution is 2.26. The normalized spacial score (nSPS) is 10.4. The highest BCUT2D eigenvalue weighted by Gasteiger charge is 2.09. The third kappa shape index (κ3) is 5.44. The summed E-state index contributed by atoms with van der Waals surface area (Å²) < 4.78 is 0. The van der Waals surface area contributed by atoms with Crippen LogP contribution in [0.3, 0.4) is 0 Å². The average Bonchev–Trinajstić information content (AvgIpc) is 2.66. The van der Waals surface area contributed by atoms with E-state index in [1.54, 1.807) is 0 Å². The molecule has 10 heteroatoms. The fourth-order valence-electron chi connectivity index (χ4n) is 1.05. The third-order valence-electron chi connectivity index (χ3n) is 1.80. The van der Waals surface area contributed by atoms with E-state index in [2.05, 4.69) is 20.6 Å². The summed E-state index contributed by atoms with van der Waals surface area (Å²) in [5, 5.41) is 22.6. The number of carboxylic acids is 1. The first-order chi connectivity index (χ1) is 9.38. The zero-order valence-corrected chi connectivity index (χ0v) is 11.2. The maximum atomic E-state index is 11.2. The lowest BCUT2D eigenvalue weighted by atomic mass is 10.5. The Bertz CT molecular complexity index is 554. The zero-order valence-electron chi connectivity index (χ0n) is 10.4. The van der Waals surface area contributed by atoms with Crippen molar-refractivity contribution in [2.24, 2.45) is 4.99 Å². The molecule has 4 N–H and O–H groups in total. The zero-order chi connectivity index (χ0) is 15.1. The standard InChI is InChI=1S/C10H12N4O5S/c1-5(15)13-10-14-9(19)6(20-10)2-11-3-7(16)12-4-8(17)18/h2,19H,3-4H2,1H3,(H,12,16)(H,17,18)(H,13,14,15). The van der Waals surface area contributed by atoms with E-state index in [0.717, 1.165) is 11.3 Å². The van der Waals surface area contributed by atoms with Gasteiger partial charge in [0, 0.05) is 13.1 Å². The largest absolute Gasteiger partial charge is 0.492 e. The smallest absolute Gasteiger partial charge is 0.322 e. The molecule has 0 aromatic carbocycles. The highest BCUT2D eigenvalue weighted by molar-refractivity contribution is 7.17. The lowest BCUT2D eigenvalue weighted by Gasteiger charge is -1.97. The van der Waals surface area contributed by atoms with Crippen LogP contribution in [-0.2, 0) is 14.4 Å². The number of rotatable bonds is 6. The third-order valence-corrected chi connectivity index (χ3v) is 2.69. The Labute approximate surface area is 117 Å². The van der Waals surface area contributed by atoms with Crippen molar-refractivity contribution in [2.75, 3.05) is 18.4 Å². The van der Waals surface area contributed by atoms with Crippen molar-refractivity contribution in [1.29, 1.82) is 0 Å². The van der Waals surface area contributed by atoms with Gasteiger partial charge in [0.25, 0.3) is 0 Å². The molecule has 108 valence electrons. The van der Waals surface area contributed by atoms with Crippen LogP contribution in [0.15, 0.2) is 4.99 Å². The van der Waals surface area contributed by atoms with Gasteiger partial charge in [-0.05, 0) is 0 Å². The second kappa shape index (κ2) is 7.19. The number of nitrogens with one attached hydrogen (secondary N) is 2. The first kappa shape index (κ1) is 15.6. The number of hydrogen-bond donors (Lipinski definition) is 4. The van der Waals surface area contributed by atoms with Crippen LogP contribution < -0.4 is 10.6 Å². The van der Waals surface area contributed by atoms with Gasteiger partial charge in [0.15, 0.2) is 5.13 Å². The Morgan fingerprint density at radius 1 is 1.45 bits per heavy atom. The maximum Gasteiger partial charge on any atom is 0.322 e. The molecule has 0 aliphatic carbocycles. The van der Waals surface area contributed by atoms with Crippen molar-refractivity contribution in [3.63, 3.8) is 0 Å². The molecule has 0 saturated heterocycles. The van der Waals surface area contributed by atoms with Gasteiger partial charge >= 0.3 is 5.97 Å². The van der Waals surface area contributed by atoms with Crippen LogP contribution in [0.5, 0.6) is 5.88 Å². The van der Waals surface area contributed by atoms with E-state index >= 15 is 0 Å². The number of nitrogens with zero attached hydrogens (tertiary/aromatic N) is 2. The van der Waals surface area contributed by atoms with E-state index in [0.29, 0.717) is 0 Å². The number of carbonyl (C=O) groups excluding carboxylic acids is 2. The summed E-state index contributed by atoms with van der Waals surface area (Å²) in [6, 6.07) is 0. The Morgan fingerprint density at radius 2 is 2.15 bits per heavy atom. The maximum absolute atomic E-state index is 11.2. The van der Waals surface area contributed by atoms with Gasteiger partial charge in [-0.25, -0.2) is 0 Å². The molecule has 0 bridgehead atoms. The van der Waals surface area contributed by atoms with Gasteiger partial charge in [0.05, 0.1) is 0 Å². The van der Waals surface area contributed by atoms with Gasteiger partial charge in [0.2, 0.25) is 17.7 Å². The summed E-state index contributed by atoms with van der Waals surface area (Å²) in [7, 11) is 0. The molecule has 0 radical (unpaired) electrons. The fourth-order valence-corrected chi connectivity index (χ4v) is 1.85. The summed E-state index contributed by atoms with van der Waals surface area (Å²) in [5.74, 6) is -2.35. The van der Waals surface area contributed by atoms with Crippen LogP contribution in [0.25, 0.3) is 0 Å². The van der Waals surface area contributed by atoms with Gasteiger partial charge in [-0.1, -0.05) is 11.3 Å². The fraction of sp³-hybridized carbons (Fsp3) is 0.300. The van der Waals surface area contributed by atoms with Crippen molar-refractivity contribution in [1.82, 2.24) is 10.3 Å². The molecule has 0 atom stereocenters. The number of aliphatic carboxylic acids is 1. The van der Waals surface area contributed by atoms with Gasteiger partial charge in [-0.2, -0.15) is 4.98 Å². The number of hydrogen-bond acceptors (Lipinski definition) is 7. The highest BCUT2D eigenvalue weighted by atomic mass is 32.1. The Balaban J connectivity index is 2.53. The van der Waals surface area contributed by atoms with E-state index in [1.165, 1.54) is 13.1 Å². The van der Waals surface area contributed by atoms with Gasteiger partial charge < -0.3 is 20.8 Å². The van der Waals surface area contributed by atoms with E-state index in [9.17, 15) is 19.5 Å². The average molecular weight is 300 g/mol. The lowest BCUT2D eigenvalue weighted by molar-refractivity contribution is -0.137. The first-order valence-corrected chi connectivity index (χ1v) is 6.16. The topological polar surface area (TPSA) is 141 Å². The molecule has 0 fully saturated rings. The molecule has 1 heterocycles. The second-order valence-corrected chi connectivity index (χ2v) is 4.56. The number of aromatic hydroxyl groups is 1. The molecule has 0 spiro atoms. The quantitative estimate of drug-likeness (QED) is 0.518. The van der Waals surface area contributed by atoms with Crippen molar-refractivity contribution in [3.8, 4) is 5.88 Å². The Hall–Kier alpha value is -2.49. The summed E-state index contributed by atoms with van der Waals surface area (Å²) in [6.45, 7) is 0.548. The number of carboxylic acid groups (broad SMARTS) is 1. The molecule has 20 heavy (non-hydrogen) atoms. The summed E-state index contributed by atoms with van der Waals surface area (Å²) in [4.78, 5) is 39.9. The second-order valence-electron chi connectivity index (χ2n) is 3.53. The molecular weight excluding hydrogens is 288 g/mol. The number of thiazole rings is 1. The molecule has 1 aromatic rings. The van der Waals surface area contributed by atoms with Gasteiger partial charge in [-0.15, -0.1) is 0 Å². The predicted molar refractivity (Wildman–Crippen MR) is 71.2 cm³/mol. The SMILES string of the molecule is CC(=O)Nc1nc(O)c(C=NCC(=O)NCC(=O)O)s1. The van der Waals surface area contributed by atoms with Crippen LogP contribution in [0.2, 0.25) is 0 Å². The van der Waals surface area contributed by atoms with Crippen LogP contribution in [0.1, 0.15) is 11.8 Å². The van der Waals surface area contributed by atoms with Crippen molar-refractivity contribution >= 4 is 40.5 Å². The van der Waals surface area contributed by atoms with Crippen molar-refractivity contribution in [3.05, 3.63) is 4.88 Å². The summed E-state index contributed by atoms with van der Waals surface area (Å²) in [6.07, 6.45) is 1.22. The Morgan fingerprint density at radius 3 is 2.75 bits per heavy atom. The molecule has 1 rings (SSSR count). The molecular formula is C10H12N4O5S. The van der Waals surface area contributed by atoms with E-state index in [1.807, 2.05) is 0 Å². The van der Waals surface area contributed by atoms with Crippen molar-refractivity contribution in [2.45, 2.75) is 6.92 Å². The molecule has 0 aliphatic rings. The number of aliphatic imine (C=N–C) groups is 1. The van der Waals surface area contributed by atoms with Crippen LogP contribution in [-0.4, -0.2) is 52.3 Å². The number of anilines is 1. The minimum Gasteiger partial charge on any atom is -0.492 e. The van der Waals surface area contributed by atoms with Crippen LogP contribution in [0, 0.1) is 0 Å². The minimum absolute atomic E-state index is 0.215. The van der Waals surface area contributed by atoms with E-state index in [4.69, 9.17) is 5.11 Å². The molecule has 9 nitrogen and oxygen atoms in total. The predicted octanol–water partition coefficient (Wildman–Crippen LogP) is -0.573. The molecule has 2 amide bonds. The van der Waals surface area contributed by atoms with Gasteiger partial charge in [0.1, 0.15) is 18.0 Å². The summed E-state index contributed by atoms with van der Waals surface area (Å²) in [5.41, 5.74) is 0. The molecule has 0 unspecified atom stereocenters. The minimum atomic E-state index is -1.15. The number of amides is 2. The van der Waals surface area contributed by atoms with E-state index < -0.39 is 18.4 Å². The first-order valence-electron chi connectivity index (χ1n) is 5.34. The lowest BCUT2D eigenvalue weighted by Crippen LogP contribution is -2.30. The van der Waals surface area contributed by atoms with Crippen molar-refractivity contribution < 1.29 is 24.6 Å². The van der Waals surface area contributed by atoms with Crippen LogP contribution >= 0.6 is 11.3 Å². The monoisotopic (exact) mass is 300 g/mol. The number of carbonyl (C=O) groups is 3. The summed E-state index contributed by atoms with van der Waals surface area (Å²) >= 11 is 0.990.